The van der Waals surface area contributed by atoms with Crippen LogP contribution in [0, 0.1) is 0 Å². The van der Waals surface area contributed by atoms with Crippen molar-refractivity contribution in [2.24, 2.45) is 0 Å². The summed E-state index contributed by atoms with van der Waals surface area (Å²) in [5.74, 6) is -0.764. The van der Waals surface area contributed by atoms with Gasteiger partial charge in [-0.3, -0.25) is 14.6 Å². The smallest absolute Gasteiger partial charge is 0.256 e. The van der Waals surface area contributed by atoms with Gasteiger partial charge in [0.25, 0.3) is 11.5 Å². The molecule has 1 aromatic carbocycles. The maximum atomic E-state index is 12.1. The fourth-order valence-corrected chi connectivity index (χ4v) is 2.77. The Morgan fingerprint density at radius 2 is 1.78 bits per heavy atom. The molecule has 0 bridgehead atoms. The summed E-state index contributed by atoms with van der Waals surface area (Å²) in [6.45, 7) is 2.13. The molecule has 2 heterocycles. The number of aromatic amines is 1. The second-order valence-corrected chi connectivity index (χ2v) is 5.67. The lowest BCUT2D eigenvalue weighted by Crippen LogP contribution is -2.29. The number of amides is 1. The first-order valence-electron chi connectivity index (χ1n) is 7.71. The Hall–Kier alpha value is -2.76. The largest absolute Gasteiger partial charge is 0.494 e. The molecule has 0 atom stereocenters. The Morgan fingerprint density at radius 1 is 1.09 bits per heavy atom. The summed E-state index contributed by atoms with van der Waals surface area (Å²) < 4.78 is 0. The highest BCUT2D eigenvalue weighted by molar-refractivity contribution is 6.04. The van der Waals surface area contributed by atoms with Crippen LogP contribution in [0.2, 0.25) is 0 Å². The third-order valence-electron chi connectivity index (χ3n) is 3.94. The van der Waals surface area contributed by atoms with Crippen LogP contribution in [-0.4, -0.2) is 29.1 Å². The third kappa shape index (κ3) is 3.71. The van der Waals surface area contributed by atoms with Crippen molar-refractivity contribution in [1.82, 2.24) is 4.98 Å². The number of anilines is 2. The average Bonchev–Trinajstić information content (AvgIpc) is 2.55. The van der Waals surface area contributed by atoms with E-state index in [-0.39, 0.29) is 11.4 Å². The van der Waals surface area contributed by atoms with Crippen LogP contribution in [0.25, 0.3) is 0 Å². The number of nitrogens with one attached hydrogen (secondary N) is 2. The van der Waals surface area contributed by atoms with Crippen LogP contribution in [0.1, 0.15) is 29.6 Å². The number of carbonyl (C=O) groups excluding carboxylic acids is 1. The van der Waals surface area contributed by atoms with Crippen LogP contribution >= 0.6 is 0 Å². The summed E-state index contributed by atoms with van der Waals surface area (Å²) in [5.41, 5.74) is 1.40. The van der Waals surface area contributed by atoms with Crippen LogP contribution < -0.4 is 15.8 Å². The summed E-state index contributed by atoms with van der Waals surface area (Å²) in [7, 11) is 0. The van der Waals surface area contributed by atoms with Gasteiger partial charge in [0.15, 0.2) is 5.88 Å². The second kappa shape index (κ2) is 6.56. The van der Waals surface area contributed by atoms with Crippen LogP contribution in [0.5, 0.6) is 5.88 Å². The predicted molar refractivity (Wildman–Crippen MR) is 89.2 cm³/mol. The average molecular weight is 313 g/mol. The number of hydrogen-bond acceptors (Lipinski definition) is 4. The zero-order valence-corrected chi connectivity index (χ0v) is 12.7. The van der Waals surface area contributed by atoms with Crippen molar-refractivity contribution >= 4 is 17.3 Å². The second-order valence-electron chi connectivity index (χ2n) is 5.67. The molecule has 0 aliphatic carbocycles. The Morgan fingerprint density at radius 3 is 2.43 bits per heavy atom. The molecule has 0 spiro atoms. The molecule has 3 N–H and O–H groups in total. The minimum Gasteiger partial charge on any atom is -0.494 e. The van der Waals surface area contributed by atoms with Gasteiger partial charge in [0.2, 0.25) is 0 Å². The van der Waals surface area contributed by atoms with Crippen LogP contribution in [0.3, 0.4) is 0 Å². The summed E-state index contributed by atoms with van der Waals surface area (Å²) in [6.07, 6.45) is 3.71. The molecule has 2 aromatic rings. The lowest BCUT2D eigenvalue weighted by atomic mass is 10.1. The molecule has 0 unspecified atom stereocenters. The molecule has 1 saturated heterocycles. The topological polar surface area (TPSA) is 85.4 Å². The molecule has 1 amide bonds. The van der Waals surface area contributed by atoms with Gasteiger partial charge in [-0.15, -0.1) is 0 Å². The number of benzene rings is 1. The third-order valence-corrected chi connectivity index (χ3v) is 3.94. The molecule has 1 aliphatic rings. The van der Waals surface area contributed by atoms with Crippen molar-refractivity contribution in [3.63, 3.8) is 0 Å². The van der Waals surface area contributed by atoms with Crippen molar-refractivity contribution < 1.29 is 9.90 Å². The van der Waals surface area contributed by atoms with E-state index in [0.29, 0.717) is 5.69 Å². The quantitative estimate of drug-likeness (QED) is 0.812. The number of pyridine rings is 1. The highest BCUT2D eigenvalue weighted by Gasteiger charge is 2.12. The summed E-state index contributed by atoms with van der Waals surface area (Å²) in [4.78, 5) is 27.9. The monoisotopic (exact) mass is 313 g/mol. The van der Waals surface area contributed by atoms with Gasteiger partial charge >= 0.3 is 0 Å². The Bertz CT molecular complexity index is 746. The highest BCUT2D eigenvalue weighted by atomic mass is 16.3. The fourth-order valence-electron chi connectivity index (χ4n) is 2.77. The molecule has 0 radical (unpaired) electrons. The minimum absolute atomic E-state index is 0.117. The van der Waals surface area contributed by atoms with E-state index >= 15 is 0 Å². The number of rotatable bonds is 3. The van der Waals surface area contributed by atoms with E-state index in [0.717, 1.165) is 24.8 Å². The zero-order valence-electron chi connectivity index (χ0n) is 12.7. The maximum absolute atomic E-state index is 12.1. The zero-order chi connectivity index (χ0) is 16.2. The number of aromatic nitrogens is 1. The van der Waals surface area contributed by atoms with Gasteiger partial charge in [-0.2, -0.15) is 0 Å². The highest BCUT2D eigenvalue weighted by Crippen LogP contribution is 2.22. The van der Waals surface area contributed by atoms with Crippen molar-refractivity contribution in [2.75, 3.05) is 23.3 Å². The van der Waals surface area contributed by atoms with Gasteiger partial charge in [-0.25, -0.2) is 0 Å². The van der Waals surface area contributed by atoms with E-state index in [1.807, 2.05) is 24.3 Å². The standard InChI is InChI=1S/C17H19N3O3/c21-15-10-12(11-16(22)19-15)17(23)18-13-4-6-14(7-5-13)20-8-2-1-3-9-20/h4-7,10-11H,1-3,8-9H2,(H,18,23)(H2,19,21,22). The summed E-state index contributed by atoms with van der Waals surface area (Å²) >= 11 is 0. The minimum atomic E-state index is -0.518. The molecular weight excluding hydrogens is 294 g/mol. The molecule has 1 fully saturated rings. The van der Waals surface area contributed by atoms with E-state index in [1.165, 1.54) is 25.3 Å². The van der Waals surface area contributed by atoms with E-state index in [4.69, 9.17) is 0 Å². The van der Waals surface area contributed by atoms with Crippen molar-refractivity contribution in [2.45, 2.75) is 19.3 Å². The predicted octanol–water partition coefficient (Wildman–Crippen LogP) is 2.32. The van der Waals surface area contributed by atoms with Gasteiger partial charge in [-0.05, 0) is 43.5 Å². The Kier molecular flexibility index (Phi) is 4.32. The summed E-state index contributed by atoms with van der Waals surface area (Å²) in [5, 5.41) is 12.1. The van der Waals surface area contributed by atoms with Crippen molar-refractivity contribution in [1.29, 1.82) is 0 Å². The normalized spacial score (nSPS) is 14.5. The number of carbonyl (C=O) groups is 1. The molecule has 0 saturated carbocycles. The van der Waals surface area contributed by atoms with E-state index < -0.39 is 11.5 Å². The molecular formula is C17H19N3O3. The first-order chi connectivity index (χ1) is 11.1. The number of piperidine rings is 1. The number of aromatic hydroxyl groups is 1. The van der Waals surface area contributed by atoms with Crippen molar-refractivity contribution in [3.05, 3.63) is 52.3 Å². The first-order valence-corrected chi connectivity index (χ1v) is 7.71. The Balaban J connectivity index is 1.70. The molecule has 1 aromatic heterocycles. The lowest BCUT2D eigenvalue weighted by Gasteiger charge is -2.28. The van der Waals surface area contributed by atoms with Crippen LogP contribution in [0.15, 0.2) is 41.2 Å². The Labute approximate surface area is 133 Å². The van der Waals surface area contributed by atoms with Crippen molar-refractivity contribution in [3.8, 4) is 5.88 Å². The van der Waals surface area contributed by atoms with Crippen LogP contribution in [-0.2, 0) is 0 Å². The summed E-state index contributed by atoms with van der Waals surface area (Å²) in [6, 6.07) is 10.0. The van der Waals surface area contributed by atoms with Gasteiger partial charge < -0.3 is 15.3 Å². The lowest BCUT2D eigenvalue weighted by molar-refractivity contribution is 0.102. The number of nitrogens with zero attached hydrogens (tertiary/aromatic N) is 1. The van der Waals surface area contributed by atoms with Gasteiger partial charge in [0.05, 0.1) is 5.56 Å². The molecule has 6 nitrogen and oxygen atoms in total. The maximum Gasteiger partial charge on any atom is 0.256 e. The molecule has 120 valence electrons. The first kappa shape index (κ1) is 15.1. The van der Waals surface area contributed by atoms with Gasteiger partial charge in [-0.1, -0.05) is 0 Å². The molecule has 23 heavy (non-hydrogen) atoms. The van der Waals surface area contributed by atoms with E-state index in [1.54, 1.807) is 0 Å². The molecule has 6 heteroatoms. The number of hydrogen-bond donors (Lipinski definition) is 3. The van der Waals surface area contributed by atoms with E-state index in [9.17, 15) is 14.7 Å². The van der Waals surface area contributed by atoms with E-state index in [2.05, 4.69) is 15.2 Å². The van der Waals surface area contributed by atoms with Gasteiger partial charge in [0, 0.05) is 36.6 Å². The van der Waals surface area contributed by atoms with Gasteiger partial charge in [0.1, 0.15) is 0 Å². The number of H-pyrrole nitrogens is 1. The van der Waals surface area contributed by atoms with Crippen LogP contribution in [0.4, 0.5) is 11.4 Å². The molecule has 1 aliphatic heterocycles. The fraction of sp³-hybridized carbons (Fsp3) is 0.294. The molecule has 3 rings (SSSR count). The SMILES string of the molecule is O=C(Nc1ccc(N2CCCCC2)cc1)c1cc(O)[nH]c(=O)c1.